The topological polar surface area (TPSA) is 46.2 Å². The van der Waals surface area contributed by atoms with Gasteiger partial charge in [0.05, 0.1) is 13.2 Å². The molecule has 24 heavy (non-hydrogen) atoms. The molecule has 0 atom stereocenters. The number of rotatable bonds is 19. The van der Waals surface area contributed by atoms with E-state index in [-0.39, 0.29) is 0 Å². The van der Waals surface area contributed by atoms with Crippen LogP contribution >= 0.6 is 0 Å². The largest absolute Gasteiger partial charge is 0.500 e. The first-order valence-corrected chi connectivity index (χ1v) is 11.5. The van der Waals surface area contributed by atoms with Crippen molar-refractivity contribution in [1.29, 1.82) is 0 Å². The van der Waals surface area contributed by atoms with Crippen molar-refractivity contribution in [2.45, 2.75) is 70.8 Å². The lowest BCUT2D eigenvalue weighted by atomic mass is 10.1. The van der Waals surface area contributed by atoms with Gasteiger partial charge in [-0.3, -0.25) is 0 Å². The fourth-order valence-corrected chi connectivity index (χ4v) is 4.50. The second kappa shape index (κ2) is 17.8. The van der Waals surface area contributed by atoms with E-state index in [0.29, 0.717) is 0 Å². The zero-order valence-electron chi connectivity index (χ0n) is 16.4. The molecule has 0 amide bonds. The molecule has 0 aliphatic heterocycles. The van der Waals surface area contributed by atoms with E-state index in [9.17, 15) is 0 Å². The minimum Gasteiger partial charge on any atom is -0.379 e. The molecule has 146 valence electrons. The highest BCUT2D eigenvalue weighted by atomic mass is 28.4. The number of hydrogen-bond acceptors (Lipinski definition) is 5. The van der Waals surface area contributed by atoms with Crippen molar-refractivity contribution < 1.29 is 22.8 Å². The third kappa shape index (κ3) is 13.3. The number of unbranched alkanes of at least 4 members (excludes halogenated alkanes) is 8. The summed E-state index contributed by atoms with van der Waals surface area (Å²) in [5, 5.41) is 0. The van der Waals surface area contributed by atoms with Gasteiger partial charge in [-0.1, -0.05) is 44.9 Å². The average molecular weight is 365 g/mol. The van der Waals surface area contributed by atoms with Crippen molar-refractivity contribution in [3.63, 3.8) is 0 Å². The Kier molecular flexibility index (Phi) is 17.8. The van der Waals surface area contributed by atoms with Gasteiger partial charge in [-0.2, -0.15) is 0 Å². The summed E-state index contributed by atoms with van der Waals surface area (Å²) in [6.45, 7) is 5.11. The Balaban J connectivity index is 3.23. The molecule has 6 heteroatoms. The maximum atomic E-state index is 5.51. The summed E-state index contributed by atoms with van der Waals surface area (Å²) in [7, 11) is 2.71. The van der Waals surface area contributed by atoms with Crippen LogP contribution in [0.5, 0.6) is 0 Å². The predicted molar refractivity (Wildman–Crippen MR) is 100 cm³/mol. The molecule has 0 aromatic heterocycles. The molecule has 0 fully saturated rings. The van der Waals surface area contributed by atoms with Crippen LogP contribution in [-0.4, -0.2) is 56.6 Å². The summed E-state index contributed by atoms with van der Waals surface area (Å²) >= 11 is 0. The van der Waals surface area contributed by atoms with E-state index in [4.69, 9.17) is 22.8 Å². The lowest BCUT2D eigenvalue weighted by molar-refractivity contribution is 0.0512. The van der Waals surface area contributed by atoms with Crippen LogP contribution in [0.15, 0.2) is 0 Å². The lowest BCUT2D eigenvalue weighted by Crippen LogP contribution is -2.42. The van der Waals surface area contributed by atoms with Gasteiger partial charge in [-0.05, 0) is 19.8 Å². The standard InChI is InChI=1S/C18H40O5Si/c1-5-22-16-17-23-15-13-11-9-7-6-8-10-12-14-18-24(19-2,20-3)21-4/h5-18H2,1-4H3. The van der Waals surface area contributed by atoms with Gasteiger partial charge in [0.1, 0.15) is 0 Å². The van der Waals surface area contributed by atoms with E-state index in [1.807, 2.05) is 6.92 Å². The average Bonchev–Trinajstić information content (AvgIpc) is 2.62. The highest BCUT2D eigenvalue weighted by Gasteiger charge is 2.36. The SMILES string of the molecule is CCOCCOCCCCCCCCCCC[Si](OC)(OC)OC. The molecule has 0 heterocycles. The third-order valence-electron chi connectivity index (χ3n) is 4.28. The predicted octanol–water partition coefficient (Wildman–Crippen LogP) is 4.43. The molecule has 0 spiro atoms. The molecule has 0 rings (SSSR count). The van der Waals surface area contributed by atoms with Crippen LogP contribution in [0.4, 0.5) is 0 Å². The second-order valence-corrected chi connectivity index (χ2v) is 9.13. The first-order valence-electron chi connectivity index (χ1n) is 9.55. The number of ether oxygens (including phenoxy) is 2. The van der Waals surface area contributed by atoms with Crippen LogP contribution in [0, 0.1) is 0 Å². The van der Waals surface area contributed by atoms with Crippen molar-refractivity contribution in [2.24, 2.45) is 0 Å². The molecular formula is C18H40O5Si. The molecule has 0 saturated carbocycles. The van der Waals surface area contributed by atoms with Gasteiger partial charge >= 0.3 is 8.80 Å². The Bertz CT molecular complexity index is 241. The lowest BCUT2D eigenvalue weighted by Gasteiger charge is -2.24. The van der Waals surface area contributed by atoms with Crippen LogP contribution < -0.4 is 0 Å². The fourth-order valence-electron chi connectivity index (χ4n) is 2.70. The Labute approximate surface area is 150 Å². The summed E-state index contributed by atoms with van der Waals surface area (Å²) in [6.07, 6.45) is 11.4. The first-order chi connectivity index (χ1) is 11.7. The van der Waals surface area contributed by atoms with Gasteiger partial charge in [-0.15, -0.1) is 0 Å². The molecule has 0 aromatic rings. The van der Waals surface area contributed by atoms with Crippen LogP contribution in [0.3, 0.4) is 0 Å². The van der Waals surface area contributed by atoms with Crippen LogP contribution in [0.25, 0.3) is 0 Å². The third-order valence-corrected chi connectivity index (χ3v) is 7.11. The van der Waals surface area contributed by atoms with Crippen LogP contribution in [0.2, 0.25) is 6.04 Å². The Hall–Kier alpha value is 0.0169. The van der Waals surface area contributed by atoms with Gasteiger partial charge in [0.25, 0.3) is 0 Å². The molecule has 0 aromatic carbocycles. The molecule has 0 N–H and O–H groups in total. The smallest absolute Gasteiger partial charge is 0.379 e. The van der Waals surface area contributed by atoms with E-state index in [1.165, 1.54) is 51.4 Å². The van der Waals surface area contributed by atoms with Crippen molar-refractivity contribution in [1.82, 2.24) is 0 Å². The quantitative estimate of drug-likeness (QED) is 0.251. The second-order valence-electron chi connectivity index (χ2n) is 6.04. The molecule has 0 saturated heterocycles. The van der Waals surface area contributed by atoms with Gasteiger partial charge in [0.2, 0.25) is 0 Å². The Morgan fingerprint density at radius 1 is 0.542 bits per heavy atom. The summed E-state index contributed by atoms with van der Waals surface area (Å²) in [4.78, 5) is 0. The van der Waals surface area contributed by atoms with E-state index in [1.54, 1.807) is 21.3 Å². The Morgan fingerprint density at radius 3 is 1.50 bits per heavy atom. The zero-order chi connectivity index (χ0) is 17.9. The molecule has 0 bridgehead atoms. The molecule has 0 aliphatic carbocycles. The first kappa shape index (κ1) is 24.0. The monoisotopic (exact) mass is 364 g/mol. The van der Waals surface area contributed by atoms with E-state index in [2.05, 4.69) is 0 Å². The van der Waals surface area contributed by atoms with Crippen LogP contribution in [0.1, 0.15) is 64.7 Å². The van der Waals surface area contributed by atoms with Gasteiger partial charge in [0, 0.05) is 40.6 Å². The van der Waals surface area contributed by atoms with Gasteiger partial charge < -0.3 is 22.8 Å². The number of hydrogen-bond donors (Lipinski definition) is 0. The minimum atomic E-state index is -2.34. The van der Waals surface area contributed by atoms with Crippen molar-refractivity contribution in [3.05, 3.63) is 0 Å². The van der Waals surface area contributed by atoms with E-state index in [0.717, 1.165) is 38.9 Å². The van der Waals surface area contributed by atoms with Gasteiger partial charge in [-0.25, -0.2) is 0 Å². The highest BCUT2D eigenvalue weighted by molar-refractivity contribution is 6.60. The van der Waals surface area contributed by atoms with Crippen molar-refractivity contribution in [3.8, 4) is 0 Å². The summed E-state index contributed by atoms with van der Waals surface area (Å²) in [5.41, 5.74) is 0. The van der Waals surface area contributed by atoms with Gasteiger partial charge in [0.15, 0.2) is 0 Å². The molecule has 5 nitrogen and oxygen atoms in total. The van der Waals surface area contributed by atoms with Crippen molar-refractivity contribution in [2.75, 3.05) is 47.8 Å². The molecular weight excluding hydrogens is 324 g/mol. The summed E-state index contributed by atoms with van der Waals surface area (Å²) in [5.74, 6) is 0. The molecule has 0 aliphatic rings. The molecule has 0 radical (unpaired) electrons. The minimum absolute atomic E-state index is 0.721. The highest BCUT2D eigenvalue weighted by Crippen LogP contribution is 2.18. The Morgan fingerprint density at radius 2 is 1.00 bits per heavy atom. The summed E-state index contributed by atoms with van der Waals surface area (Å²) in [6, 6.07) is 0.916. The van der Waals surface area contributed by atoms with E-state index >= 15 is 0 Å². The fraction of sp³-hybridized carbons (Fsp3) is 1.00. The van der Waals surface area contributed by atoms with Crippen molar-refractivity contribution >= 4 is 8.80 Å². The zero-order valence-corrected chi connectivity index (χ0v) is 17.4. The molecule has 0 unspecified atom stereocenters. The maximum Gasteiger partial charge on any atom is 0.500 e. The maximum absolute atomic E-state index is 5.51. The summed E-state index contributed by atoms with van der Waals surface area (Å²) < 4.78 is 27.0. The normalized spacial score (nSPS) is 12.0. The van der Waals surface area contributed by atoms with E-state index < -0.39 is 8.80 Å². The van der Waals surface area contributed by atoms with Crippen LogP contribution in [-0.2, 0) is 22.8 Å².